The van der Waals surface area contributed by atoms with Crippen LogP contribution in [0.2, 0.25) is 0 Å². The van der Waals surface area contributed by atoms with Crippen LogP contribution in [0.25, 0.3) is 0 Å². The summed E-state index contributed by atoms with van der Waals surface area (Å²) in [4.78, 5) is 10.9. The lowest BCUT2D eigenvalue weighted by atomic mass is 10.1. The molecule has 2 heterocycles. The third-order valence-electron chi connectivity index (χ3n) is 3.02. The van der Waals surface area contributed by atoms with E-state index in [0.717, 1.165) is 36.3 Å². The minimum atomic E-state index is -0.572. The van der Waals surface area contributed by atoms with E-state index in [1.54, 1.807) is 0 Å². The molecule has 2 aromatic rings. The molecule has 0 aliphatic carbocycles. The van der Waals surface area contributed by atoms with Gasteiger partial charge in [0.2, 0.25) is 5.88 Å². The lowest BCUT2D eigenvalue weighted by molar-refractivity contribution is 0.0995. The van der Waals surface area contributed by atoms with Gasteiger partial charge in [-0.05, 0) is 19.8 Å². The van der Waals surface area contributed by atoms with E-state index in [4.69, 9.17) is 15.0 Å². The van der Waals surface area contributed by atoms with Crippen LogP contribution in [0.15, 0.2) is 10.6 Å². The topological polar surface area (TPSA) is 107 Å². The molecule has 0 saturated heterocycles. The molecule has 2 aromatic heterocycles. The first-order valence-electron chi connectivity index (χ1n) is 6.53. The number of rotatable bonds is 7. The molecule has 1 amide bonds. The number of aryl methyl sites for hydroxylation is 2. The Morgan fingerprint density at radius 3 is 3.00 bits per heavy atom. The van der Waals surface area contributed by atoms with Crippen LogP contribution in [-0.4, -0.2) is 21.3 Å². The highest BCUT2D eigenvalue weighted by molar-refractivity contribution is 5.90. The van der Waals surface area contributed by atoms with Crippen LogP contribution in [0.5, 0.6) is 5.88 Å². The fourth-order valence-corrected chi connectivity index (χ4v) is 1.81. The van der Waals surface area contributed by atoms with Crippen LogP contribution in [0, 0.1) is 6.92 Å². The molecule has 0 aromatic carbocycles. The molecule has 0 bridgehead atoms. The Hall–Kier alpha value is -2.31. The van der Waals surface area contributed by atoms with E-state index in [1.165, 1.54) is 6.07 Å². The summed E-state index contributed by atoms with van der Waals surface area (Å²) in [7, 11) is 0. The van der Waals surface area contributed by atoms with E-state index in [-0.39, 0.29) is 5.69 Å². The van der Waals surface area contributed by atoms with Crippen LogP contribution in [0.1, 0.15) is 47.3 Å². The average Bonchev–Trinajstić information content (AvgIpc) is 3.01. The molecule has 20 heavy (non-hydrogen) atoms. The number of aromatic amines is 1. The quantitative estimate of drug-likeness (QED) is 0.802. The number of aromatic nitrogens is 3. The number of nitrogens with one attached hydrogen (secondary N) is 1. The van der Waals surface area contributed by atoms with Crippen molar-refractivity contribution in [1.82, 2.24) is 15.4 Å². The van der Waals surface area contributed by atoms with Gasteiger partial charge in [-0.3, -0.25) is 9.89 Å². The second-order valence-corrected chi connectivity index (χ2v) is 4.54. The van der Waals surface area contributed by atoms with Gasteiger partial charge in [0.15, 0.2) is 0 Å². The summed E-state index contributed by atoms with van der Waals surface area (Å²) in [5.41, 5.74) is 7.19. The molecule has 0 radical (unpaired) electrons. The Labute approximate surface area is 116 Å². The van der Waals surface area contributed by atoms with Crippen LogP contribution < -0.4 is 10.5 Å². The second kappa shape index (κ2) is 6.23. The summed E-state index contributed by atoms with van der Waals surface area (Å²) in [5, 5.41) is 10.4. The molecule has 0 saturated carbocycles. The molecule has 7 heteroatoms. The third kappa shape index (κ3) is 3.17. The van der Waals surface area contributed by atoms with Gasteiger partial charge in [-0.2, -0.15) is 0 Å². The van der Waals surface area contributed by atoms with Crippen LogP contribution >= 0.6 is 0 Å². The first-order valence-corrected chi connectivity index (χ1v) is 6.53. The van der Waals surface area contributed by atoms with E-state index >= 15 is 0 Å². The number of unbranched alkanes of at least 4 members (excludes halogenated alkanes) is 1. The van der Waals surface area contributed by atoms with Gasteiger partial charge in [0.25, 0.3) is 5.91 Å². The Kier molecular flexibility index (Phi) is 4.39. The monoisotopic (exact) mass is 278 g/mol. The maximum absolute atomic E-state index is 10.9. The van der Waals surface area contributed by atoms with E-state index in [2.05, 4.69) is 22.3 Å². The van der Waals surface area contributed by atoms with Crippen molar-refractivity contribution in [3.63, 3.8) is 0 Å². The van der Waals surface area contributed by atoms with Gasteiger partial charge in [-0.15, -0.1) is 5.10 Å². The van der Waals surface area contributed by atoms with Gasteiger partial charge < -0.3 is 15.0 Å². The first-order chi connectivity index (χ1) is 9.61. The summed E-state index contributed by atoms with van der Waals surface area (Å²) in [5.74, 6) is 0.486. The van der Waals surface area contributed by atoms with Gasteiger partial charge in [0.1, 0.15) is 18.1 Å². The smallest absolute Gasteiger partial charge is 0.266 e. The van der Waals surface area contributed by atoms with Crippen molar-refractivity contribution in [3.05, 3.63) is 28.8 Å². The fraction of sp³-hybridized carbons (Fsp3) is 0.462. The standard InChI is InChI=1S/C13H18N4O3/c1-3-4-5-10-9(8(2)20-17-10)7-19-12-6-11(13(14)18)15-16-12/h6H,3-5,7H2,1-2H3,(H2,14,18)(H,15,16). The number of ether oxygens (including phenoxy) is 1. The number of carbonyl (C=O) groups is 1. The number of nitrogens with two attached hydrogens (primary N) is 1. The Morgan fingerprint density at radius 1 is 1.55 bits per heavy atom. The minimum absolute atomic E-state index is 0.216. The lowest BCUT2D eigenvalue weighted by Gasteiger charge is -2.03. The van der Waals surface area contributed by atoms with Gasteiger partial charge >= 0.3 is 0 Å². The van der Waals surface area contributed by atoms with Crippen molar-refractivity contribution in [2.45, 2.75) is 39.7 Å². The molecule has 0 fully saturated rings. The molecule has 7 nitrogen and oxygen atoms in total. The minimum Gasteiger partial charge on any atom is -0.472 e. The maximum Gasteiger partial charge on any atom is 0.266 e. The van der Waals surface area contributed by atoms with Crippen LogP contribution in [0.3, 0.4) is 0 Å². The van der Waals surface area contributed by atoms with Crippen LogP contribution in [0.4, 0.5) is 0 Å². The number of hydrogen-bond donors (Lipinski definition) is 2. The largest absolute Gasteiger partial charge is 0.472 e. The molecular weight excluding hydrogens is 260 g/mol. The normalized spacial score (nSPS) is 10.7. The van der Waals surface area contributed by atoms with E-state index < -0.39 is 5.91 Å². The van der Waals surface area contributed by atoms with Crippen molar-refractivity contribution in [2.75, 3.05) is 0 Å². The number of hydrogen-bond acceptors (Lipinski definition) is 5. The molecule has 0 unspecified atom stereocenters. The number of primary amides is 1. The van der Waals surface area contributed by atoms with E-state index in [9.17, 15) is 4.79 Å². The van der Waals surface area contributed by atoms with Crippen molar-refractivity contribution in [3.8, 4) is 5.88 Å². The molecular formula is C13H18N4O3. The number of carbonyl (C=O) groups excluding carboxylic acids is 1. The van der Waals surface area contributed by atoms with Crippen LogP contribution in [-0.2, 0) is 13.0 Å². The predicted molar refractivity (Wildman–Crippen MR) is 71.3 cm³/mol. The van der Waals surface area contributed by atoms with Gasteiger partial charge in [0, 0.05) is 6.07 Å². The molecule has 0 aliphatic heterocycles. The lowest BCUT2D eigenvalue weighted by Crippen LogP contribution is -2.10. The Morgan fingerprint density at radius 2 is 2.35 bits per heavy atom. The first kappa shape index (κ1) is 14.1. The molecule has 0 spiro atoms. The van der Waals surface area contributed by atoms with E-state index in [0.29, 0.717) is 12.5 Å². The summed E-state index contributed by atoms with van der Waals surface area (Å²) >= 11 is 0. The number of amides is 1. The molecule has 2 rings (SSSR count). The van der Waals surface area contributed by atoms with Gasteiger partial charge in [-0.1, -0.05) is 18.5 Å². The zero-order valence-electron chi connectivity index (χ0n) is 11.6. The average molecular weight is 278 g/mol. The predicted octanol–water partition coefficient (Wildman–Crippen LogP) is 1.73. The zero-order valence-corrected chi connectivity index (χ0v) is 11.6. The van der Waals surface area contributed by atoms with Gasteiger partial charge in [0.05, 0.1) is 11.3 Å². The van der Waals surface area contributed by atoms with Crippen molar-refractivity contribution < 1.29 is 14.1 Å². The Bertz CT molecular complexity index is 588. The highest BCUT2D eigenvalue weighted by Gasteiger charge is 2.14. The summed E-state index contributed by atoms with van der Waals surface area (Å²) in [6.07, 6.45) is 3.00. The maximum atomic E-state index is 10.9. The van der Waals surface area contributed by atoms with Crippen molar-refractivity contribution >= 4 is 5.91 Å². The SMILES string of the molecule is CCCCc1noc(C)c1COc1cc(C(N)=O)[nH]n1. The molecule has 0 atom stereocenters. The summed E-state index contributed by atoms with van der Waals surface area (Å²) in [6, 6.07) is 1.47. The highest BCUT2D eigenvalue weighted by Crippen LogP contribution is 2.18. The van der Waals surface area contributed by atoms with Crippen molar-refractivity contribution in [1.29, 1.82) is 0 Å². The summed E-state index contributed by atoms with van der Waals surface area (Å²) in [6.45, 7) is 4.27. The third-order valence-corrected chi connectivity index (χ3v) is 3.02. The molecule has 108 valence electrons. The zero-order chi connectivity index (χ0) is 14.5. The van der Waals surface area contributed by atoms with Crippen molar-refractivity contribution in [2.24, 2.45) is 5.73 Å². The molecule has 3 N–H and O–H groups in total. The second-order valence-electron chi connectivity index (χ2n) is 4.54. The fourth-order valence-electron chi connectivity index (χ4n) is 1.81. The summed E-state index contributed by atoms with van der Waals surface area (Å²) < 4.78 is 10.7. The number of H-pyrrole nitrogens is 1. The highest BCUT2D eigenvalue weighted by atomic mass is 16.5. The molecule has 0 aliphatic rings. The van der Waals surface area contributed by atoms with Gasteiger partial charge in [-0.25, -0.2) is 0 Å². The van der Waals surface area contributed by atoms with E-state index in [1.807, 2.05) is 6.92 Å². The Balaban J connectivity index is 2.02. The number of nitrogens with zero attached hydrogens (tertiary/aromatic N) is 2.